The number of hydrogen-bond acceptors (Lipinski definition) is 5. The summed E-state index contributed by atoms with van der Waals surface area (Å²) in [5.74, 6) is -0.503. The third kappa shape index (κ3) is 3.89. The fourth-order valence-electron chi connectivity index (χ4n) is 3.83. The van der Waals surface area contributed by atoms with Crippen molar-refractivity contribution in [3.63, 3.8) is 0 Å². The Labute approximate surface area is 180 Å². The highest BCUT2D eigenvalue weighted by Crippen LogP contribution is 2.36. The third-order valence-electron chi connectivity index (χ3n) is 5.12. The lowest BCUT2D eigenvalue weighted by molar-refractivity contribution is 0.00619. The van der Waals surface area contributed by atoms with E-state index in [1.807, 2.05) is 36.3 Å². The fraction of sp³-hybridized carbons (Fsp3) is 0.476. The van der Waals surface area contributed by atoms with Crippen LogP contribution in [0.1, 0.15) is 43.9 Å². The van der Waals surface area contributed by atoms with Crippen LogP contribution in [0, 0.1) is 0 Å². The van der Waals surface area contributed by atoms with Crippen LogP contribution in [-0.4, -0.2) is 57.7 Å². The summed E-state index contributed by atoms with van der Waals surface area (Å²) >= 11 is 6.25. The van der Waals surface area contributed by atoms with Crippen LogP contribution in [0.15, 0.2) is 24.5 Å². The first-order valence-corrected chi connectivity index (χ1v) is 10.4. The number of amides is 2. The predicted octanol–water partition coefficient (Wildman–Crippen LogP) is 3.21. The van der Waals surface area contributed by atoms with E-state index in [0.29, 0.717) is 29.5 Å². The average Bonchev–Trinajstić information content (AvgIpc) is 3.09. The molecule has 2 aliphatic rings. The molecule has 9 heteroatoms. The van der Waals surface area contributed by atoms with Gasteiger partial charge in [0.05, 0.1) is 23.6 Å². The number of hydrogen-bond donors (Lipinski definition) is 1. The number of halogens is 1. The van der Waals surface area contributed by atoms with Gasteiger partial charge in [0.2, 0.25) is 0 Å². The lowest BCUT2D eigenvalue weighted by Gasteiger charge is -2.38. The Morgan fingerprint density at radius 2 is 2.03 bits per heavy atom. The van der Waals surface area contributed by atoms with Crippen molar-refractivity contribution in [1.82, 2.24) is 19.8 Å². The Morgan fingerprint density at radius 1 is 1.27 bits per heavy atom. The highest BCUT2D eigenvalue weighted by Gasteiger charge is 2.35. The van der Waals surface area contributed by atoms with E-state index in [-0.39, 0.29) is 24.3 Å². The molecule has 2 aliphatic heterocycles. The summed E-state index contributed by atoms with van der Waals surface area (Å²) in [5.41, 5.74) is 1.64. The number of nitrogens with one attached hydrogen (secondary N) is 1. The van der Waals surface area contributed by atoms with Crippen LogP contribution in [0.25, 0.3) is 5.69 Å². The maximum Gasteiger partial charge on any atom is 0.359 e. The quantitative estimate of drug-likeness (QED) is 0.701. The SMILES string of the molecule is CC1CN(C(=O)N2Cc3c(C(=O)OC(C)(C)C)ncn3-c3ccc(Cl)cc32)CCN1. The van der Waals surface area contributed by atoms with Crippen molar-refractivity contribution >= 4 is 29.3 Å². The van der Waals surface area contributed by atoms with Crippen LogP contribution < -0.4 is 10.2 Å². The number of benzene rings is 1. The number of urea groups is 1. The molecule has 1 unspecified atom stereocenters. The van der Waals surface area contributed by atoms with E-state index in [2.05, 4.69) is 17.2 Å². The maximum atomic E-state index is 13.4. The highest BCUT2D eigenvalue weighted by molar-refractivity contribution is 6.31. The summed E-state index contributed by atoms with van der Waals surface area (Å²) in [4.78, 5) is 34.0. The number of anilines is 1. The van der Waals surface area contributed by atoms with Crippen molar-refractivity contribution in [3.8, 4) is 5.69 Å². The molecule has 2 amide bonds. The van der Waals surface area contributed by atoms with Crippen molar-refractivity contribution in [1.29, 1.82) is 0 Å². The molecule has 0 saturated carbocycles. The van der Waals surface area contributed by atoms with E-state index < -0.39 is 11.6 Å². The highest BCUT2D eigenvalue weighted by atomic mass is 35.5. The minimum absolute atomic E-state index is 0.116. The molecule has 1 fully saturated rings. The van der Waals surface area contributed by atoms with Gasteiger partial charge in [0.25, 0.3) is 0 Å². The van der Waals surface area contributed by atoms with Crippen LogP contribution >= 0.6 is 11.6 Å². The molecule has 0 radical (unpaired) electrons. The summed E-state index contributed by atoms with van der Waals surface area (Å²) in [5, 5.41) is 3.88. The van der Waals surface area contributed by atoms with E-state index in [1.165, 1.54) is 0 Å². The Balaban J connectivity index is 1.74. The molecule has 0 spiro atoms. The lowest BCUT2D eigenvalue weighted by atomic mass is 10.1. The van der Waals surface area contributed by atoms with Gasteiger partial charge in [0.1, 0.15) is 11.9 Å². The summed E-state index contributed by atoms with van der Waals surface area (Å²) in [6, 6.07) is 5.47. The van der Waals surface area contributed by atoms with Gasteiger partial charge in [-0.15, -0.1) is 0 Å². The van der Waals surface area contributed by atoms with Crippen LogP contribution in [0.5, 0.6) is 0 Å². The standard InChI is InChI=1S/C21H26ClN5O3/c1-13-10-25(8-7-23-13)20(29)26-11-17-18(19(28)30-21(2,3)4)24-12-27(17)15-6-5-14(22)9-16(15)26/h5-6,9,12-13,23H,7-8,10-11H2,1-4H3. The van der Waals surface area contributed by atoms with Crippen molar-refractivity contribution in [2.45, 2.75) is 45.9 Å². The van der Waals surface area contributed by atoms with E-state index in [9.17, 15) is 9.59 Å². The van der Waals surface area contributed by atoms with Crippen molar-refractivity contribution in [2.24, 2.45) is 0 Å². The fourth-order valence-corrected chi connectivity index (χ4v) is 3.99. The first kappa shape index (κ1) is 20.7. The van der Waals surface area contributed by atoms with Gasteiger partial charge < -0.3 is 15.0 Å². The Bertz CT molecular complexity index is 997. The number of fused-ring (bicyclic) bond motifs is 3. The van der Waals surface area contributed by atoms with Crippen LogP contribution in [0.3, 0.4) is 0 Å². The van der Waals surface area contributed by atoms with Crippen molar-refractivity contribution in [2.75, 3.05) is 24.5 Å². The molecule has 1 atom stereocenters. The predicted molar refractivity (Wildman–Crippen MR) is 114 cm³/mol. The van der Waals surface area contributed by atoms with Gasteiger partial charge in [-0.2, -0.15) is 0 Å². The number of imidazole rings is 1. The van der Waals surface area contributed by atoms with Gasteiger partial charge in [-0.1, -0.05) is 11.6 Å². The molecule has 160 valence electrons. The number of piperazine rings is 1. The van der Waals surface area contributed by atoms with Gasteiger partial charge in [0.15, 0.2) is 5.69 Å². The first-order valence-electron chi connectivity index (χ1n) is 10.0. The van der Waals surface area contributed by atoms with Gasteiger partial charge in [-0.25, -0.2) is 14.6 Å². The minimum atomic E-state index is -0.639. The number of nitrogens with zero attached hydrogens (tertiary/aromatic N) is 4. The largest absolute Gasteiger partial charge is 0.455 e. The van der Waals surface area contributed by atoms with Crippen LogP contribution in [0.2, 0.25) is 5.02 Å². The molecule has 0 bridgehead atoms. The zero-order valence-corrected chi connectivity index (χ0v) is 18.4. The minimum Gasteiger partial charge on any atom is -0.455 e. The van der Waals surface area contributed by atoms with Crippen LogP contribution in [0.4, 0.5) is 10.5 Å². The second-order valence-corrected chi connectivity index (χ2v) is 9.15. The average molecular weight is 432 g/mol. The Morgan fingerprint density at radius 3 is 2.73 bits per heavy atom. The molecule has 4 rings (SSSR count). The summed E-state index contributed by atoms with van der Waals surface area (Å²) in [7, 11) is 0. The molecule has 2 aromatic rings. The van der Waals surface area contributed by atoms with Gasteiger partial charge in [-0.05, 0) is 45.9 Å². The number of ether oxygens (including phenoxy) is 1. The molecule has 8 nitrogen and oxygen atoms in total. The van der Waals surface area contributed by atoms with E-state index in [4.69, 9.17) is 16.3 Å². The number of carbonyl (C=O) groups excluding carboxylic acids is 2. The first-order chi connectivity index (χ1) is 14.1. The maximum absolute atomic E-state index is 13.4. The molecule has 1 aromatic carbocycles. The summed E-state index contributed by atoms with van der Waals surface area (Å²) in [6.45, 7) is 9.67. The molecular formula is C21H26ClN5O3. The number of carbonyl (C=O) groups is 2. The molecule has 1 saturated heterocycles. The smallest absolute Gasteiger partial charge is 0.359 e. The van der Waals surface area contributed by atoms with Crippen molar-refractivity contribution < 1.29 is 14.3 Å². The normalized spacial score (nSPS) is 18.6. The molecule has 1 aromatic heterocycles. The van der Waals surface area contributed by atoms with Crippen LogP contribution in [-0.2, 0) is 11.3 Å². The number of esters is 1. The number of aromatic nitrogens is 2. The topological polar surface area (TPSA) is 79.7 Å². The number of rotatable bonds is 1. The van der Waals surface area contributed by atoms with E-state index in [1.54, 1.807) is 23.4 Å². The third-order valence-corrected chi connectivity index (χ3v) is 5.36. The monoisotopic (exact) mass is 431 g/mol. The van der Waals surface area contributed by atoms with Gasteiger partial charge >= 0.3 is 12.0 Å². The van der Waals surface area contributed by atoms with E-state index in [0.717, 1.165) is 12.2 Å². The Kier molecular flexibility index (Phi) is 5.23. The second-order valence-electron chi connectivity index (χ2n) is 8.71. The van der Waals surface area contributed by atoms with Gasteiger partial charge in [0, 0.05) is 30.7 Å². The zero-order chi connectivity index (χ0) is 21.6. The lowest BCUT2D eigenvalue weighted by Crippen LogP contribution is -2.55. The molecule has 30 heavy (non-hydrogen) atoms. The summed E-state index contributed by atoms with van der Waals surface area (Å²) in [6.07, 6.45) is 1.59. The molecule has 3 heterocycles. The zero-order valence-electron chi connectivity index (χ0n) is 17.6. The van der Waals surface area contributed by atoms with Gasteiger partial charge in [-0.3, -0.25) is 9.47 Å². The molecule has 1 N–H and O–H groups in total. The summed E-state index contributed by atoms with van der Waals surface area (Å²) < 4.78 is 7.35. The molecule has 0 aliphatic carbocycles. The van der Waals surface area contributed by atoms with E-state index >= 15 is 0 Å². The molecular weight excluding hydrogens is 406 g/mol. The second kappa shape index (κ2) is 7.59. The Hall–Kier alpha value is -2.58. The van der Waals surface area contributed by atoms with Crippen molar-refractivity contribution in [3.05, 3.63) is 40.9 Å².